The zero-order valence-electron chi connectivity index (χ0n) is 10.0. The number of halogens is 3. The van der Waals surface area contributed by atoms with E-state index in [0.29, 0.717) is 12.2 Å². The molecule has 0 bridgehead atoms. The van der Waals surface area contributed by atoms with Crippen molar-refractivity contribution in [1.29, 1.82) is 0 Å². The molecule has 0 aliphatic carbocycles. The predicted octanol–water partition coefficient (Wildman–Crippen LogP) is 1.34. The van der Waals surface area contributed by atoms with Gasteiger partial charge in [0.25, 0.3) is 0 Å². The molecule has 0 aromatic carbocycles. The molecule has 1 aliphatic rings. The van der Waals surface area contributed by atoms with Gasteiger partial charge in [-0.05, 0) is 13.3 Å². The summed E-state index contributed by atoms with van der Waals surface area (Å²) in [5.41, 5.74) is 6.87. The highest BCUT2D eigenvalue weighted by molar-refractivity contribution is 5.17. The zero-order valence-corrected chi connectivity index (χ0v) is 10.0. The molecule has 0 radical (unpaired) electrons. The molecule has 4 nitrogen and oxygen atoms in total. The second-order valence-electron chi connectivity index (χ2n) is 4.59. The number of alkyl halides is 3. The lowest BCUT2D eigenvalue weighted by atomic mass is 10.2. The van der Waals surface area contributed by atoms with Gasteiger partial charge in [-0.2, -0.15) is 13.2 Å². The number of rotatable bonds is 2. The molecule has 18 heavy (non-hydrogen) atoms. The van der Waals surface area contributed by atoms with Gasteiger partial charge < -0.3 is 5.73 Å². The van der Waals surface area contributed by atoms with Crippen molar-refractivity contribution in [3.63, 3.8) is 0 Å². The van der Waals surface area contributed by atoms with E-state index in [1.54, 1.807) is 6.92 Å². The van der Waals surface area contributed by atoms with E-state index in [0.717, 1.165) is 25.1 Å². The predicted molar refractivity (Wildman–Crippen MR) is 59.6 cm³/mol. The largest absolute Gasteiger partial charge is 0.451 e. The molecule has 0 spiro atoms. The Labute approximate surface area is 103 Å². The molecule has 0 unspecified atom stereocenters. The van der Waals surface area contributed by atoms with Crippen molar-refractivity contribution in [2.24, 2.45) is 5.73 Å². The van der Waals surface area contributed by atoms with Crippen molar-refractivity contribution in [2.75, 3.05) is 13.1 Å². The lowest BCUT2D eigenvalue weighted by Gasteiger charge is -2.16. The molecule has 1 saturated heterocycles. The molecule has 7 heteroatoms. The standard InChI is InChI=1S/C11H15F3N4/c1-7-8(5-18-3-2-9(15)6-18)4-16-10(17-7)11(12,13)14/h4,9H,2-3,5-6,15H2,1H3/t9-/m1/s1. The van der Waals surface area contributed by atoms with E-state index >= 15 is 0 Å². The first-order valence-electron chi connectivity index (χ1n) is 5.74. The lowest BCUT2D eigenvalue weighted by molar-refractivity contribution is -0.145. The van der Waals surface area contributed by atoms with Crippen LogP contribution < -0.4 is 5.73 Å². The molecule has 2 rings (SSSR count). The quantitative estimate of drug-likeness (QED) is 0.871. The Bertz CT molecular complexity index is 433. The van der Waals surface area contributed by atoms with Gasteiger partial charge in [-0.25, -0.2) is 9.97 Å². The number of aromatic nitrogens is 2. The summed E-state index contributed by atoms with van der Waals surface area (Å²) in [5, 5.41) is 0. The minimum atomic E-state index is -4.49. The second-order valence-corrected chi connectivity index (χ2v) is 4.59. The van der Waals surface area contributed by atoms with Crippen molar-refractivity contribution in [3.05, 3.63) is 23.3 Å². The third-order valence-corrected chi connectivity index (χ3v) is 3.04. The van der Waals surface area contributed by atoms with E-state index in [4.69, 9.17) is 5.73 Å². The first-order valence-corrected chi connectivity index (χ1v) is 5.74. The lowest BCUT2D eigenvalue weighted by Crippen LogP contribution is -2.26. The van der Waals surface area contributed by atoms with Gasteiger partial charge in [0.15, 0.2) is 0 Å². The summed E-state index contributed by atoms with van der Waals surface area (Å²) >= 11 is 0. The summed E-state index contributed by atoms with van der Waals surface area (Å²) in [5.74, 6) is -1.08. The summed E-state index contributed by atoms with van der Waals surface area (Å²) in [6.45, 7) is 3.75. The second kappa shape index (κ2) is 4.81. The van der Waals surface area contributed by atoms with Crippen molar-refractivity contribution in [2.45, 2.75) is 32.1 Å². The molecule has 2 N–H and O–H groups in total. The molecule has 1 fully saturated rings. The van der Waals surface area contributed by atoms with Crippen molar-refractivity contribution in [1.82, 2.24) is 14.9 Å². The van der Waals surface area contributed by atoms with E-state index in [1.165, 1.54) is 6.20 Å². The molecular formula is C11H15F3N4. The van der Waals surface area contributed by atoms with E-state index in [9.17, 15) is 13.2 Å². The number of nitrogens with two attached hydrogens (primary N) is 1. The van der Waals surface area contributed by atoms with Gasteiger partial charge in [0, 0.05) is 43.1 Å². The Kier molecular flexibility index (Phi) is 3.54. The molecule has 0 amide bonds. The topological polar surface area (TPSA) is 55.0 Å². The highest BCUT2D eigenvalue weighted by Crippen LogP contribution is 2.26. The smallest absolute Gasteiger partial charge is 0.326 e. The Balaban J connectivity index is 2.10. The number of nitrogens with zero attached hydrogens (tertiary/aromatic N) is 3. The zero-order chi connectivity index (χ0) is 13.3. The van der Waals surface area contributed by atoms with Crippen LogP contribution in [0.1, 0.15) is 23.5 Å². The Hall–Kier alpha value is -1.21. The maximum absolute atomic E-state index is 12.4. The average Bonchev–Trinajstić information content (AvgIpc) is 2.65. The SMILES string of the molecule is Cc1nc(C(F)(F)F)ncc1CN1CC[C@@H](N)C1. The third-order valence-electron chi connectivity index (χ3n) is 3.04. The number of likely N-dealkylation sites (tertiary alicyclic amines) is 1. The Morgan fingerprint density at radius 3 is 2.72 bits per heavy atom. The van der Waals surface area contributed by atoms with E-state index in [2.05, 4.69) is 14.9 Å². The van der Waals surface area contributed by atoms with Crippen LogP contribution in [0.5, 0.6) is 0 Å². The van der Waals surface area contributed by atoms with Crippen LogP contribution in [0.2, 0.25) is 0 Å². The van der Waals surface area contributed by atoms with Crippen LogP contribution in [0.4, 0.5) is 13.2 Å². The Morgan fingerprint density at radius 1 is 1.50 bits per heavy atom. The molecule has 1 aromatic heterocycles. The van der Waals surface area contributed by atoms with E-state index < -0.39 is 12.0 Å². The first-order chi connectivity index (χ1) is 8.36. The van der Waals surface area contributed by atoms with Crippen LogP contribution in [0, 0.1) is 6.92 Å². The maximum atomic E-state index is 12.4. The molecule has 1 atom stereocenters. The van der Waals surface area contributed by atoms with Crippen LogP contribution in [0.25, 0.3) is 0 Å². The maximum Gasteiger partial charge on any atom is 0.451 e. The van der Waals surface area contributed by atoms with E-state index in [1.807, 2.05) is 0 Å². The van der Waals surface area contributed by atoms with Crippen LogP contribution in [-0.4, -0.2) is 34.0 Å². The normalized spacial score (nSPS) is 21.5. The summed E-state index contributed by atoms with van der Waals surface area (Å²) in [4.78, 5) is 8.99. The van der Waals surface area contributed by atoms with Gasteiger partial charge in [-0.1, -0.05) is 0 Å². The molecule has 2 heterocycles. The fourth-order valence-electron chi connectivity index (χ4n) is 2.03. The minimum absolute atomic E-state index is 0.153. The van der Waals surface area contributed by atoms with Crippen LogP contribution in [-0.2, 0) is 12.7 Å². The number of hydrogen-bond donors (Lipinski definition) is 1. The van der Waals surface area contributed by atoms with Crippen LogP contribution in [0.15, 0.2) is 6.20 Å². The highest BCUT2D eigenvalue weighted by atomic mass is 19.4. The number of aryl methyl sites for hydroxylation is 1. The molecule has 0 saturated carbocycles. The average molecular weight is 260 g/mol. The van der Waals surface area contributed by atoms with Crippen molar-refractivity contribution in [3.8, 4) is 0 Å². The fraction of sp³-hybridized carbons (Fsp3) is 0.636. The monoisotopic (exact) mass is 260 g/mol. The van der Waals surface area contributed by atoms with Gasteiger partial charge in [0.2, 0.25) is 5.82 Å². The summed E-state index contributed by atoms with van der Waals surface area (Å²) in [6.07, 6.45) is -2.31. The van der Waals surface area contributed by atoms with Gasteiger partial charge >= 0.3 is 6.18 Å². The molecule has 1 aliphatic heterocycles. The van der Waals surface area contributed by atoms with Crippen LogP contribution in [0.3, 0.4) is 0 Å². The third kappa shape index (κ3) is 2.97. The minimum Gasteiger partial charge on any atom is -0.326 e. The van der Waals surface area contributed by atoms with Gasteiger partial charge in [0.05, 0.1) is 0 Å². The van der Waals surface area contributed by atoms with Crippen LogP contribution >= 0.6 is 0 Å². The van der Waals surface area contributed by atoms with Crippen molar-refractivity contribution < 1.29 is 13.2 Å². The summed E-state index contributed by atoms with van der Waals surface area (Å²) in [6, 6.07) is 0.153. The van der Waals surface area contributed by atoms with Gasteiger partial charge in [0.1, 0.15) is 0 Å². The first kappa shape index (κ1) is 13.2. The molecule has 1 aromatic rings. The van der Waals surface area contributed by atoms with Crippen molar-refractivity contribution >= 4 is 0 Å². The molecule has 100 valence electrons. The fourth-order valence-corrected chi connectivity index (χ4v) is 2.03. The molecular weight excluding hydrogens is 245 g/mol. The van der Waals surface area contributed by atoms with Gasteiger partial charge in [-0.15, -0.1) is 0 Å². The highest BCUT2D eigenvalue weighted by Gasteiger charge is 2.35. The Morgan fingerprint density at radius 2 is 2.22 bits per heavy atom. The number of hydrogen-bond acceptors (Lipinski definition) is 4. The van der Waals surface area contributed by atoms with E-state index in [-0.39, 0.29) is 6.04 Å². The van der Waals surface area contributed by atoms with Gasteiger partial charge in [-0.3, -0.25) is 4.90 Å². The summed E-state index contributed by atoms with van der Waals surface area (Å²) < 4.78 is 37.2. The summed E-state index contributed by atoms with van der Waals surface area (Å²) in [7, 11) is 0.